The van der Waals surface area contributed by atoms with E-state index < -0.39 is 0 Å². The highest BCUT2D eigenvalue weighted by Crippen LogP contribution is 1.99. The van der Waals surface area contributed by atoms with Gasteiger partial charge in [-0.15, -0.1) is 0 Å². The minimum absolute atomic E-state index is 0.232. The molecule has 0 amide bonds. The third-order valence-corrected chi connectivity index (χ3v) is 2.17. The minimum Gasteiger partial charge on any atom is -0.396 e. The fraction of sp³-hybridized carbons (Fsp3) is 0.545. The Morgan fingerprint density at radius 1 is 1.50 bits per heavy atom. The number of aryl methyl sites for hydroxylation is 1. The molecule has 0 radical (unpaired) electrons. The van der Waals surface area contributed by atoms with Crippen LogP contribution in [0.5, 0.6) is 0 Å². The molecule has 1 heterocycles. The first-order valence-electron chi connectivity index (χ1n) is 4.98. The van der Waals surface area contributed by atoms with Crippen molar-refractivity contribution in [3.63, 3.8) is 0 Å². The molecule has 0 aliphatic carbocycles. The molecule has 0 fully saturated rings. The Kier molecular flexibility index (Phi) is 4.56. The summed E-state index contributed by atoms with van der Waals surface area (Å²) in [5.41, 5.74) is 2.22. The summed E-state index contributed by atoms with van der Waals surface area (Å²) in [6.07, 6.45) is 2.65. The van der Waals surface area contributed by atoms with Crippen LogP contribution in [0.3, 0.4) is 0 Å². The summed E-state index contributed by atoms with van der Waals surface area (Å²) < 4.78 is 0. The van der Waals surface area contributed by atoms with Gasteiger partial charge in [-0.1, -0.05) is 6.07 Å². The summed E-state index contributed by atoms with van der Waals surface area (Å²) in [4.78, 5) is 4.29. The van der Waals surface area contributed by atoms with Gasteiger partial charge < -0.3 is 10.4 Å². The number of hydrogen-bond donors (Lipinski definition) is 2. The summed E-state index contributed by atoms with van der Waals surface area (Å²) in [7, 11) is 0. The van der Waals surface area contributed by atoms with E-state index in [1.165, 1.54) is 5.56 Å². The van der Waals surface area contributed by atoms with E-state index in [1.54, 1.807) is 0 Å². The summed E-state index contributed by atoms with van der Waals surface area (Å²) in [6, 6.07) is 4.41. The predicted octanol–water partition coefficient (Wildman–Crippen LogP) is 1.25. The molecule has 0 saturated heterocycles. The predicted molar refractivity (Wildman–Crippen MR) is 57.0 cm³/mol. The van der Waals surface area contributed by atoms with Crippen molar-refractivity contribution in [2.24, 2.45) is 0 Å². The zero-order chi connectivity index (χ0) is 10.4. The van der Waals surface area contributed by atoms with Gasteiger partial charge in [0, 0.05) is 25.4 Å². The normalized spacial score (nSPS) is 12.8. The van der Waals surface area contributed by atoms with Gasteiger partial charge in [0.25, 0.3) is 0 Å². The second-order valence-corrected chi connectivity index (χ2v) is 3.62. The van der Waals surface area contributed by atoms with Crippen LogP contribution in [0.4, 0.5) is 0 Å². The number of aliphatic hydroxyl groups excluding tert-OH is 1. The van der Waals surface area contributed by atoms with Crippen molar-refractivity contribution in [2.45, 2.75) is 32.9 Å². The van der Waals surface area contributed by atoms with E-state index >= 15 is 0 Å². The van der Waals surface area contributed by atoms with Crippen LogP contribution in [-0.2, 0) is 6.54 Å². The van der Waals surface area contributed by atoms with Crippen molar-refractivity contribution in [3.05, 3.63) is 29.6 Å². The SMILES string of the molecule is Cc1ccc(CNC(C)CCO)nc1. The monoisotopic (exact) mass is 194 g/mol. The summed E-state index contributed by atoms with van der Waals surface area (Å²) in [6.45, 7) is 5.08. The third kappa shape index (κ3) is 3.85. The average Bonchev–Trinajstić information content (AvgIpc) is 2.17. The Morgan fingerprint density at radius 2 is 2.29 bits per heavy atom. The van der Waals surface area contributed by atoms with E-state index in [2.05, 4.69) is 23.3 Å². The molecule has 0 aliphatic heterocycles. The Labute approximate surface area is 85.2 Å². The van der Waals surface area contributed by atoms with Gasteiger partial charge in [0.15, 0.2) is 0 Å². The maximum atomic E-state index is 8.71. The number of rotatable bonds is 5. The van der Waals surface area contributed by atoms with Crippen LogP contribution < -0.4 is 5.32 Å². The summed E-state index contributed by atoms with van der Waals surface area (Å²) >= 11 is 0. The zero-order valence-corrected chi connectivity index (χ0v) is 8.83. The van der Waals surface area contributed by atoms with Crippen LogP contribution >= 0.6 is 0 Å². The van der Waals surface area contributed by atoms with Crippen molar-refractivity contribution in [2.75, 3.05) is 6.61 Å². The summed E-state index contributed by atoms with van der Waals surface area (Å²) in [5.74, 6) is 0. The quantitative estimate of drug-likeness (QED) is 0.741. The number of aliphatic hydroxyl groups is 1. The van der Waals surface area contributed by atoms with Crippen molar-refractivity contribution in [1.29, 1.82) is 0 Å². The lowest BCUT2D eigenvalue weighted by atomic mass is 10.2. The first kappa shape index (κ1) is 11.1. The van der Waals surface area contributed by atoms with Crippen LogP contribution in [0.2, 0.25) is 0 Å². The Balaban J connectivity index is 2.34. The minimum atomic E-state index is 0.232. The second-order valence-electron chi connectivity index (χ2n) is 3.62. The van der Waals surface area contributed by atoms with Crippen molar-refractivity contribution >= 4 is 0 Å². The van der Waals surface area contributed by atoms with Gasteiger partial charge in [-0.25, -0.2) is 0 Å². The van der Waals surface area contributed by atoms with Gasteiger partial charge in [0.05, 0.1) is 5.69 Å². The maximum absolute atomic E-state index is 8.71. The largest absolute Gasteiger partial charge is 0.396 e. The van der Waals surface area contributed by atoms with Crippen LogP contribution in [-0.4, -0.2) is 22.7 Å². The fourth-order valence-electron chi connectivity index (χ4n) is 1.18. The van der Waals surface area contributed by atoms with Crippen LogP contribution in [0.25, 0.3) is 0 Å². The lowest BCUT2D eigenvalue weighted by Crippen LogP contribution is -2.26. The van der Waals surface area contributed by atoms with E-state index in [1.807, 2.05) is 19.2 Å². The van der Waals surface area contributed by atoms with E-state index in [9.17, 15) is 0 Å². The lowest BCUT2D eigenvalue weighted by molar-refractivity contribution is 0.268. The van der Waals surface area contributed by atoms with Gasteiger partial charge in [0.2, 0.25) is 0 Å². The van der Waals surface area contributed by atoms with Crippen LogP contribution in [0, 0.1) is 6.92 Å². The molecular formula is C11H18N2O. The van der Waals surface area contributed by atoms with E-state index in [4.69, 9.17) is 5.11 Å². The number of nitrogens with zero attached hydrogens (tertiary/aromatic N) is 1. The summed E-state index contributed by atoms with van der Waals surface area (Å²) in [5, 5.41) is 12.0. The molecule has 1 aromatic heterocycles. The van der Waals surface area contributed by atoms with Crippen molar-refractivity contribution in [1.82, 2.24) is 10.3 Å². The van der Waals surface area contributed by atoms with Gasteiger partial charge >= 0.3 is 0 Å². The first-order chi connectivity index (χ1) is 6.72. The zero-order valence-electron chi connectivity index (χ0n) is 8.83. The van der Waals surface area contributed by atoms with E-state index in [-0.39, 0.29) is 6.61 Å². The average molecular weight is 194 g/mol. The lowest BCUT2D eigenvalue weighted by Gasteiger charge is -2.11. The molecule has 0 saturated carbocycles. The fourth-order valence-corrected chi connectivity index (χ4v) is 1.18. The van der Waals surface area contributed by atoms with Crippen LogP contribution in [0.1, 0.15) is 24.6 Å². The number of pyridine rings is 1. The molecule has 0 spiro atoms. The van der Waals surface area contributed by atoms with E-state index in [0.717, 1.165) is 18.7 Å². The molecule has 1 rings (SSSR count). The maximum Gasteiger partial charge on any atom is 0.0541 e. The number of hydrogen-bond acceptors (Lipinski definition) is 3. The van der Waals surface area contributed by atoms with Crippen molar-refractivity contribution in [3.8, 4) is 0 Å². The molecule has 3 nitrogen and oxygen atoms in total. The van der Waals surface area contributed by atoms with Gasteiger partial charge in [0.1, 0.15) is 0 Å². The van der Waals surface area contributed by atoms with Crippen LogP contribution in [0.15, 0.2) is 18.3 Å². The second kappa shape index (κ2) is 5.73. The highest BCUT2D eigenvalue weighted by molar-refractivity contribution is 5.11. The highest BCUT2D eigenvalue weighted by atomic mass is 16.3. The Morgan fingerprint density at radius 3 is 2.86 bits per heavy atom. The molecule has 0 aliphatic rings. The first-order valence-corrected chi connectivity index (χ1v) is 4.98. The molecule has 2 N–H and O–H groups in total. The molecule has 3 heteroatoms. The highest BCUT2D eigenvalue weighted by Gasteiger charge is 2.00. The Bertz CT molecular complexity index is 258. The molecule has 1 aromatic rings. The topological polar surface area (TPSA) is 45.1 Å². The number of aromatic nitrogens is 1. The smallest absolute Gasteiger partial charge is 0.0541 e. The molecule has 1 unspecified atom stereocenters. The van der Waals surface area contributed by atoms with Gasteiger partial charge in [-0.3, -0.25) is 4.98 Å². The molecule has 78 valence electrons. The third-order valence-electron chi connectivity index (χ3n) is 2.17. The molecular weight excluding hydrogens is 176 g/mol. The number of nitrogens with one attached hydrogen (secondary N) is 1. The van der Waals surface area contributed by atoms with E-state index in [0.29, 0.717) is 6.04 Å². The molecule has 1 atom stereocenters. The standard InChI is InChI=1S/C11H18N2O/c1-9-3-4-11(13-7-9)8-12-10(2)5-6-14/h3-4,7,10,12,14H,5-6,8H2,1-2H3. The van der Waals surface area contributed by atoms with Gasteiger partial charge in [-0.2, -0.15) is 0 Å². The molecule has 0 bridgehead atoms. The van der Waals surface area contributed by atoms with Crippen molar-refractivity contribution < 1.29 is 5.11 Å². The molecule has 14 heavy (non-hydrogen) atoms. The molecule has 0 aromatic carbocycles. The van der Waals surface area contributed by atoms with Gasteiger partial charge in [-0.05, 0) is 31.9 Å². The Hall–Kier alpha value is -0.930.